The van der Waals surface area contributed by atoms with Gasteiger partial charge in [0.15, 0.2) is 0 Å². The number of rotatable bonds is 6. The van der Waals surface area contributed by atoms with Gasteiger partial charge in [-0.2, -0.15) is 5.26 Å². The summed E-state index contributed by atoms with van der Waals surface area (Å²) in [7, 11) is 0. The molecule has 6 rings (SSSR count). The van der Waals surface area contributed by atoms with Crippen LogP contribution in [-0.4, -0.2) is 53.1 Å². The number of carbonyl (C=O) groups is 1. The minimum atomic E-state index is -0.0208. The van der Waals surface area contributed by atoms with E-state index in [-0.39, 0.29) is 29.8 Å². The van der Waals surface area contributed by atoms with Crippen LogP contribution in [0.15, 0.2) is 73.1 Å². The van der Waals surface area contributed by atoms with Crippen molar-refractivity contribution in [1.82, 2.24) is 14.9 Å². The molecule has 0 radical (unpaired) electrons. The standard InChI is InChI=1S/C33H34ClN5O2/c1-22(41-28-7-8-31-26(18-28)10-14-36-31)29-13-17-39(21-30(29)24-3-5-27(34)6-4-24)33(40)25-11-15-38(16-12-25)32-9-2-23(19-35)20-37-32/h2-10,14,18,20,22,25,29-30,36H,11-13,15-17,21H2,1H3/t22-,29+,30+/m0/s1. The largest absolute Gasteiger partial charge is 0.490 e. The number of nitriles is 1. The zero-order valence-corrected chi connectivity index (χ0v) is 23.9. The van der Waals surface area contributed by atoms with Gasteiger partial charge >= 0.3 is 0 Å². The summed E-state index contributed by atoms with van der Waals surface area (Å²) in [4.78, 5) is 25.7. The number of nitrogens with zero attached hydrogens (tertiary/aromatic N) is 4. The van der Waals surface area contributed by atoms with Crippen LogP contribution in [0.5, 0.6) is 5.75 Å². The summed E-state index contributed by atoms with van der Waals surface area (Å²) in [6.07, 6.45) is 6.00. The number of hydrogen-bond acceptors (Lipinski definition) is 5. The lowest BCUT2D eigenvalue weighted by Gasteiger charge is -2.43. The number of aromatic nitrogens is 2. The summed E-state index contributed by atoms with van der Waals surface area (Å²) in [5, 5.41) is 10.9. The number of carbonyl (C=O) groups excluding carboxylic acids is 1. The highest BCUT2D eigenvalue weighted by molar-refractivity contribution is 6.30. The van der Waals surface area contributed by atoms with Gasteiger partial charge < -0.3 is 19.5 Å². The van der Waals surface area contributed by atoms with Gasteiger partial charge in [-0.25, -0.2) is 4.98 Å². The van der Waals surface area contributed by atoms with Gasteiger partial charge in [0.25, 0.3) is 0 Å². The lowest BCUT2D eigenvalue weighted by atomic mass is 9.77. The number of ether oxygens (including phenoxy) is 1. The lowest BCUT2D eigenvalue weighted by molar-refractivity contribution is -0.138. The van der Waals surface area contributed by atoms with Gasteiger partial charge in [0, 0.05) is 72.3 Å². The van der Waals surface area contributed by atoms with Crippen LogP contribution in [0.2, 0.25) is 5.02 Å². The van der Waals surface area contributed by atoms with Crippen molar-refractivity contribution in [2.24, 2.45) is 11.8 Å². The minimum absolute atomic E-state index is 0.00815. The molecular weight excluding hydrogens is 534 g/mol. The number of halogens is 1. The van der Waals surface area contributed by atoms with Gasteiger partial charge in [0.05, 0.1) is 11.7 Å². The molecule has 7 nitrogen and oxygen atoms in total. The van der Waals surface area contributed by atoms with Crippen LogP contribution in [0.1, 0.15) is 43.2 Å². The molecule has 2 aromatic carbocycles. The van der Waals surface area contributed by atoms with Crippen molar-refractivity contribution < 1.29 is 9.53 Å². The molecule has 0 spiro atoms. The van der Waals surface area contributed by atoms with Crippen LogP contribution < -0.4 is 9.64 Å². The van der Waals surface area contributed by atoms with E-state index < -0.39 is 0 Å². The van der Waals surface area contributed by atoms with Crippen molar-refractivity contribution in [3.8, 4) is 11.8 Å². The molecule has 1 N–H and O–H groups in total. The fraction of sp³-hybridized carbons (Fsp3) is 0.364. The normalized spacial score (nSPS) is 20.5. The van der Waals surface area contributed by atoms with E-state index >= 15 is 0 Å². The number of benzene rings is 2. The Morgan fingerprint density at radius 3 is 2.61 bits per heavy atom. The van der Waals surface area contributed by atoms with Gasteiger partial charge in [-0.15, -0.1) is 0 Å². The van der Waals surface area contributed by atoms with Gasteiger partial charge in [-0.3, -0.25) is 4.79 Å². The first kappa shape index (κ1) is 27.2. The number of H-pyrrole nitrogens is 1. The van der Waals surface area contributed by atoms with E-state index in [0.29, 0.717) is 17.1 Å². The molecule has 3 atom stereocenters. The molecule has 4 heterocycles. The number of nitrogens with one attached hydrogen (secondary N) is 1. The first-order valence-corrected chi connectivity index (χ1v) is 14.8. The van der Waals surface area contributed by atoms with Crippen molar-refractivity contribution in [2.45, 2.75) is 38.2 Å². The second-order valence-electron chi connectivity index (χ2n) is 11.2. The molecule has 2 aromatic heterocycles. The monoisotopic (exact) mass is 567 g/mol. The zero-order valence-electron chi connectivity index (χ0n) is 23.2. The van der Waals surface area contributed by atoms with E-state index in [4.69, 9.17) is 21.6 Å². The Labute approximate surface area is 245 Å². The van der Waals surface area contributed by atoms with Crippen LogP contribution in [0.3, 0.4) is 0 Å². The van der Waals surface area contributed by atoms with Gasteiger partial charge in [0.2, 0.25) is 5.91 Å². The molecule has 1 amide bonds. The van der Waals surface area contributed by atoms with Gasteiger partial charge in [0.1, 0.15) is 17.6 Å². The average Bonchev–Trinajstić information content (AvgIpc) is 3.49. The Morgan fingerprint density at radius 1 is 1.07 bits per heavy atom. The predicted molar refractivity (Wildman–Crippen MR) is 161 cm³/mol. The van der Waals surface area contributed by atoms with Crippen molar-refractivity contribution in [1.29, 1.82) is 5.26 Å². The van der Waals surface area contributed by atoms with Crippen molar-refractivity contribution in [3.05, 3.63) is 89.2 Å². The van der Waals surface area contributed by atoms with Gasteiger partial charge in [-0.1, -0.05) is 23.7 Å². The molecule has 2 aliphatic heterocycles. The molecule has 2 fully saturated rings. The predicted octanol–water partition coefficient (Wildman–Crippen LogP) is 6.40. The number of amides is 1. The fourth-order valence-corrected chi connectivity index (χ4v) is 6.58. The Kier molecular flexibility index (Phi) is 7.84. The molecular formula is C33H34ClN5O2. The molecule has 4 aromatic rings. The van der Waals surface area contributed by atoms with Crippen molar-refractivity contribution in [3.63, 3.8) is 0 Å². The van der Waals surface area contributed by atoms with E-state index in [2.05, 4.69) is 63.1 Å². The Balaban J connectivity index is 1.13. The third-order valence-corrected chi connectivity index (χ3v) is 9.02. The summed E-state index contributed by atoms with van der Waals surface area (Å²) in [6.45, 7) is 5.12. The van der Waals surface area contributed by atoms with Gasteiger partial charge in [-0.05, 0) is 80.3 Å². The lowest BCUT2D eigenvalue weighted by Crippen LogP contribution is -2.49. The second kappa shape index (κ2) is 11.8. The third kappa shape index (κ3) is 5.89. The van der Waals surface area contributed by atoms with E-state index in [9.17, 15) is 4.79 Å². The molecule has 2 saturated heterocycles. The van der Waals surface area contributed by atoms with Crippen LogP contribution in [0.25, 0.3) is 10.9 Å². The summed E-state index contributed by atoms with van der Waals surface area (Å²) in [5.41, 5.74) is 2.84. The van der Waals surface area contributed by atoms with Crippen LogP contribution in [0.4, 0.5) is 5.82 Å². The number of anilines is 1. The molecule has 0 saturated carbocycles. The molecule has 0 aliphatic carbocycles. The van der Waals surface area contributed by atoms with Crippen molar-refractivity contribution in [2.75, 3.05) is 31.1 Å². The van der Waals surface area contributed by atoms with E-state index in [1.165, 1.54) is 5.56 Å². The maximum absolute atomic E-state index is 13.8. The summed E-state index contributed by atoms with van der Waals surface area (Å²) in [5.74, 6) is 2.39. The topological polar surface area (TPSA) is 85.2 Å². The third-order valence-electron chi connectivity index (χ3n) is 8.77. The first-order chi connectivity index (χ1) is 20.0. The molecule has 8 heteroatoms. The summed E-state index contributed by atoms with van der Waals surface area (Å²) < 4.78 is 6.51. The summed E-state index contributed by atoms with van der Waals surface area (Å²) in [6, 6.07) is 22.1. The molecule has 41 heavy (non-hydrogen) atoms. The Hall–Kier alpha value is -4.02. The minimum Gasteiger partial charge on any atom is -0.490 e. The average molecular weight is 568 g/mol. The Bertz CT molecular complexity index is 1540. The van der Waals surface area contributed by atoms with Crippen LogP contribution >= 0.6 is 11.6 Å². The zero-order chi connectivity index (χ0) is 28.3. The molecule has 0 unspecified atom stereocenters. The Morgan fingerprint density at radius 2 is 1.88 bits per heavy atom. The second-order valence-corrected chi connectivity index (χ2v) is 11.7. The fourth-order valence-electron chi connectivity index (χ4n) is 6.45. The molecule has 210 valence electrons. The smallest absolute Gasteiger partial charge is 0.225 e. The SMILES string of the molecule is C[C@H](Oc1ccc2[nH]ccc2c1)[C@H]1CCN(C(=O)C2CCN(c3ccc(C#N)cn3)CC2)C[C@@H]1c1ccc(Cl)cc1. The maximum Gasteiger partial charge on any atom is 0.225 e. The number of fused-ring (bicyclic) bond motifs is 1. The van der Waals surface area contributed by atoms with Crippen LogP contribution in [-0.2, 0) is 4.79 Å². The van der Waals surface area contributed by atoms with Crippen molar-refractivity contribution >= 4 is 34.2 Å². The highest BCUT2D eigenvalue weighted by atomic mass is 35.5. The number of likely N-dealkylation sites (tertiary alicyclic amines) is 1. The highest BCUT2D eigenvalue weighted by Crippen LogP contribution is 2.38. The molecule has 0 bridgehead atoms. The first-order valence-electron chi connectivity index (χ1n) is 14.4. The van der Waals surface area contributed by atoms with E-state index in [1.54, 1.807) is 12.3 Å². The van der Waals surface area contributed by atoms with Crippen LogP contribution in [0, 0.1) is 23.2 Å². The maximum atomic E-state index is 13.8. The summed E-state index contributed by atoms with van der Waals surface area (Å²) >= 11 is 6.23. The number of hydrogen-bond donors (Lipinski definition) is 1. The molecule has 2 aliphatic rings. The van der Waals surface area contributed by atoms with E-state index in [0.717, 1.165) is 61.4 Å². The number of pyridine rings is 1. The number of aromatic amines is 1. The number of piperidine rings is 2. The quantitative estimate of drug-likeness (QED) is 0.291. The van der Waals surface area contributed by atoms with E-state index in [1.807, 2.05) is 30.5 Å². The highest BCUT2D eigenvalue weighted by Gasteiger charge is 2.38.